The van der Waals surface area contributed by atoms with Gasteiger partial charge in [-0.15, -0.1) is 11.3 Å². The Morgan fingerprint density at radius 2 is 2.03 bits per heavy atom. The van der Waals surface area contributed by atoms with E-state index in [1.165, 1.54) is 6.20 Å². The average molecular weight is 434 g/mol. The molecule has 0 amide bonds. The maximum atomic E-state index is 13.0. The number of likely N-dealkylation sites (N-methyl/N-ethyl adjacent to an activating group) is 1. The molecule has 1 N–H and O–H groups in total. The zero-order valence-electron chi connectivity index (χ0n) is 16.5. The van der Waals surface area contributed by atoms with Gasteiger partial charge >= 0.3 is 0 Å². The SMILES string of the molecule is COc1ccc(NS(=O)(=O)c2ccc(-c3ccno3)s2)c2c1C[C@@H](N(C)C)CC2. The van der Waals surface area contributed by atoms with E-state index in [2.05, 4.69) is 28.9 Å². The molecular formula is C20H23N3O4S2. The molecule has 1 aliphatic carbocycles. The number of thiophene rings is 1. The first-order valence-electron chi connectivity index (χ1n) is 9.28. The third-order valence-corrected chi connectivity index (χ3v) is 8.23. The molecule has 0 spiro atoms. The van der Waals surface area contributed by atoms with Crippen LogP contribution in [-0.2, 0) is 22.9 Å². The van der Waals surface area contributed by atoms with E-state index >= 15 is 0 Å². The Morgan fingerprint density at radius 1 is 1.21 bits per heavy atom. The number of anilines is 1. The third-order valence-electron chi connectivity index (χ3n) is 5.28. The average Bonchev–Trinajstić information content (AvgIpc) is 3.39. The molecule has 4 rings (SSSR count). The molecule has 2 heterocycles. The zero-order chi connectivity index (χ0) is 20.6. The molecule has 1 aromatic carbocycles. The van der Waals surface area contributed by atoms with E-state index in [1.54, 1.807) is 31.4 Å². The highest BCUT2D eigenvalue weighted by Crippen LogP contribution is 2.38. The summed E-state index contributed by atoms with van der Waals surface area (Å²) in [5.41, 5.74) is 2.71. The van der Waals surface area contributed by atoms with E-state index in [-0.39, 0.29) is 4.21 Å². The molecule has 0 fully saturated rings. The van der Waals surface area contributed by atoms with Crippen LogP contribution in [0, 0.1) is 0 Å². The first-order valence-corrected chi connectivity index (χ1v) is 11.6. The minimum Gasteiger partial charge on any atom is -0.496 e. The van der Waals surface area contributed by atoms with E-state index in [9.17, 15) is 8.42 Å². The van der Waals surface area contributed by atoms with Gasteiger partial charge < -0.3 is 14.2 Å². The molecule has 154 valence electrons. The molecular weight excluding hydrogens is 410 g/mol. The minimum absolute atomic E-state index is 0.232. The number of aromatic nitrogens is 1. The molecule has 7 nitrogen and oxygen atoms in total. The van der Waals surface area contributed by atoms with Gasteiger partial charge in [-0.25, -0.2) is 8.42 Å². The summed E-state index contributed by atoms with van der Waals surface area (Å²) >= 11 is 1.15. The first kappa shape index (κ1) is 19.9. The lowest BCUT2D eigenvalue weighted by atomic mass is 9.86. The second-order valence-corrected chi connectivity index (χ2v) is 10.2. The molecule has 9 heteroatoms. The van der Waals surface area contributed by atoms with E-state index in [0.29, 0.717) is 22.4 Å². The van der Waals surface area contributed by atoms with Crippen LogP contribution in [0.25, 0.3) is 10.6 Å². The summed E-state index contributed by atoms with van der Waals surface area (Å²) in [4.78, 5) is 2.92. The molecule has 1 atom stereocenters. The van der Waals surface area contributed by atoms with Crippen LogP contribution in [0.3, 0.4) is 0 Å². The number of nitrogens with one attached hydrogen (secondary N) is 1. The number of fused-ring (bicyclic) bond motifs is 1. The molecule has 0 saturated heterocycles. The topological polar surface area (TPSA) is 84.7 Å². The second-order valence-electron chi connectivity index (χ2n) is 7.23. The fourth-order valence-corrected chi connectivity index (χ4v) is 6.05. The zero-order valence-corrected chi connectivity index (χ0v) is 18.1. The van der Waals surface area contributed by atoms with E-state index in [4.69, 9.17) is 9.26 Å². The molecule has 0 bridgehead atoms. The van der Waals surface area contributed by atoms with Crippen molar-refractivity contribution < 1.29 is 17.7 Å². The van der Waals surface area contributed by atoms with Gasteiger partial charge in [-0.2, -0.15) is 0 Å². The number of benzene rings is 1. The molecule has 2 aromatic heterocycles. The summed E-state index contributed by atoms with van der Waals surface area (Å²) in [6, 6.07) is 9.05. The summed E-state index contributed by atoms with van der Waals surface area (Å²) in [5, 5.41) is 3.67. The smallest absolute Gasteiger partial charge is 0.271 e. The number of hydrogen-bond acceptors (Lipinski definition) is 7. The summed E-state index contributed by atoms with van der Waals surface area (Å²) in [7, 11) is 2.07. The van der Waals surface area contributed by atoms with Crippen molar-refractivity contribution in [3.05, 3.63) is 47.7 Å². The standard InChI is InChI=1S/C20H23N3O4S2/c1-23(2)13-4-5-14-15(12-13)17(26-3)7-6-16(14)22-29(24,25)20-9-8-19(28-20)18-10-11-21-27-18/h6-11,13,22H,4-5,12H2,1-3H3/t13-/m0/s1. The second kappa shape index (κ2) is 7.81. The van der Waals surface area contributed by atoms with Crippen LogP contribution in [0.4, 0.5) is 5.69 Å². The van der Waals surface area contributed by atoms with Crippen molar-refractivity contribution in [3.8, 4) is 16.4 Å². The van der Waals surface area contributed by atoms with Gasteiger partial charge in [0, 0.05) is 17.7 Å². The Hall–Kier alpha value is -2.36. The van der Waals surface area contributed by atoms with Gasteiger partial charge in [-0.3, -0.25) is 4.72 Å². The maximum Gasteiger partial charge on any atom is 0.271 e. The first-order chi connectivity index (χ1) is 13.9. The highest BCUT2D eigenvalue weighted by molar-refractivity contribution is 7.94. The number of hydrogen-bond donors (Lipinski definition) is 1. The summed E-state index contributed by atoms with van der Waals surface area (Å²) in [6.45, 7) is 0. The number of sulfonamides is 1. The predicted molar refractivity (Wildman–Crippen MR) is 113 cm³/mol. The van der Waals surface area contributed by atoms with Gasteiger partial charge in [0.15, 0.2) is 5.76 Å². The van der Waals surface area contributed by atoms with Crippen molar-refractivity contribution in [2.24, 2.45) is 0 Å². The highest BCUT2D eigenvalue weighted by atomic mass is 32.2. The van der Waals surface area contributed by atoms with E-state index < -0.39 is 10.0 Å². The predicted octanol–water partition coefficient (Wildman–Crippen LogP) is 3.63. The van der Waals surface area contributed by atoms with Gasteiger partial charge in [0.25, 0.3) is 10.0 Å². The van der Waals surface area contributed by atoms with Crippen molar-refractivity contribution in [2.75, 3.05) is 25.9 Å². The number of methoxy groups -OCH3 is 1. The van der Waals surface area contributed by atoms with Gasteiger partial charge in [-0.05, 0) is 63.2 Å². The largest absolute Gasteiger partial charge is 0.496 e. The van der Waals surface area contributed by atoms with E-state index in [0.717, 1.165) is 47.5 Å². The highest BCUT2D eigenvalue weighted by Gasteiger charge is 2.27. The van der Waals surface area contributed by atoms with Crippen LogP contribution in [0.2, 0.25) is 0 Å². The summed E-state index contributed by atoms with van der Waals surface area (Å²) in [6.07, 6.45) is 4.12. The lowest BCUT2D eigenvalue weighted by Crippen LogP contribution is -2.34. The minimum atomic E-state index is -3.71. The van der Waals surface area contributed by atoms with Crippen LogP contribution in [0.15, 0.2) is 45.3 Å². The molecule has 29 heavy (non-hydrogen) atoms. The fourth-order valence-electron chi connectivity index (χ4n) is 3.69. The third kappa shape index (κ3) is 3.90. The molecule has 0 unspecified atom stereocenters. The lowest BCUT2D eigenvalue weighted by Gasteiger charge is -2.32. The Bertz CT molecular complexity index is 1100. The van der Waals surface area contributed by atoms with Gasteiger partial charge in [-0.1, -0.05) is 5.16 Å². The number of ether oxygens (including phenoxy) is 1. The van der Waals surface area contributed by atoms with Gasteiger partial charge in [0.05, 0.1) is 23.9 Å². The Kier molecular flexibility index (Phi) is 5.37. The van der Waals surface area contributed by atoms with Crippen LogP contribution >= 0.6 is 11.3 Å². The Labute approximate surface area is 174 Å². The molecule has 0 aliphatic heterocycles. The molecule has 1 aliphatic rings. The number of nitrogens with zero attached hydrogens (tertiary/aromatic N) is 2. The van der Waals surface area contributed by atoms with Crippen LogP contribution < -0.4 is 9.46 Å². The lowest BCUT2D eigenvalue weighted by molar-refractivity contribution is 0.265. The molecule has 0 saturated carbocycles. The molecule has 3 aromatic rings. The summed E-state index contributed by atoms with van der Waals surface area (Å²) in [5.74, 6) is 1.35. The van der Waals surface area contributed by atoms with Crippen molar-refractivity contribution in [3.63, 3.8) is 0 Å². The monoisotopic (exact) mass is 433 g/mol. The van der Waals surface area contributed by atoms with Crippen LogP contribution in [0.5, 0.6) is 5.75 Å². The van der Waals surface area contributed by atoms with Crippen LogP contribution in [-0.4, -0.2) is 45.7 Å². The van der Waals surface area contributed by atoms with Gasteiger partial charge in [0.1, 0.15) is 9.96 Å². The van der Waals surface area contributed by atoms with E-state index in [1.807, 2.05) is 6.07 Å². The van der Waals surface area contributed by atoms with Crippen molar-refractivity contribution in [1.82, 2.24) is 10.1 Å². The van der Waals surface area contributed by atoms with Crippen molar-refractivity contribution >= 4 is 27.0 Å². The quantitative estimate of drug-likeness (QED) is 0.639. The maximum absolute atomic E-state index is 13.0. The normalized spacial score (nSPS) is 16.6. The number of rotatable bonds is 6. The van der Waals surface area contributed by atoms with Crippen molar-refractivity contribution in [1.29, 1.82) is 0 Å². The van der Waals surface area contributed by atoms with Crippen molar-refractivity contribution in [2.45, 2.75) is 29.5 Å². The summed E-state index contributed by atoms with van der Waals surface area (Å²) < 4.78 is 39.7. The Balaban J connectivity index is 1.65. The van der Waals surface area contributed by atoms with Crippen LogP contribution in [0.1, 0.15) is 17.5 Å². The molecule has 0 radical (unpaired) electrons. The van der Waals surface area contributed by atoms with Gasteiger partial charge in [0.2, 0.25) is 0 Å². The fraction of sp³-hybridized carbons (Fsp3) is 0.350. The Morgan fingerprint density at radius 3 is 2.72 bits per heavy atom.